The highest BCUT2D eigenvalue weighted by Gasteiger charge is 2.33. The number of ether oxygens (including phenoxy) is 1. The number of carbonyl (C=O) groups excluding carboxylic acids is 1. The third kappa shape index (κ3) is 3.38. The molecule has 4 rings (SSSR count). The van der Waals surface area contributed by atoms with Crippen molar-refractivity contribution in [3.63, 3.8) is 0 Å². The van der Waals surface area contributed by atoms with Crippen molar-refractivity contribution in [2.75, 3.05) is 17.7 Å². The molecule has 0 fully saturated rings. The van der Waals surface area contributed by atoms with Crippen LogP contribution in [0, 0.1) is 0 Å². The van der Waals surface area contributed by atoms with E-state index in [-0.39, 0.29) is 11.9 Å². The van der Waals surface area contributed by atoms with Crippen LogP contribution in [0.3, 0.4) is 0 Å². The van der Waals surface area contributed by atoms with Gasteiger partial charge in [0.1, 0.15) is 18.1 Å². The van der Waals surface area contributed by atoms with Gasteiger partial charge >= 0.3 is 0 Å². The molecule has 142 valence electrons. The Labute approximate surface area is 170 Å². The van der Waals surface area contributed by atoms with E-state index >= 15 is 0 Å². The third-order valence-corrected chi connectivity index (χ3v) is 5.10. The largest absolute Gasteiger partial charge is 0.497 e. The van der Waals surface area contributed by atoms with Crippen molar-refractivity contribution in [1.82, 2.24) is 14.8 Å². The van der Waals surface area contributed by atoms with Gasteiger partial charge in [-0.15, -0.1) is 0 Å². The smallest absolute Gasteiger partial charge is 0.255 e. The fourth-order valence-electron chi connectivity index (χ4n) is 3.21. The van der Waals surface area contributed by atoms with E-state index in [1.165, 1.54) is 6.33 Å². The molecule has 0 spiro atoms. The summed E-state index contributed by atoms with van der Waals surface area (Å²) >= 11 is 3.46. The second-order valence-corrected chi connectivity index (χ2v) is 7.24. The Morgan fingerprint density at radius 3 is 2.57 bits per heavy atom. The molecule has 1 aliphatic rings. The maximum Gasteiger partial charge on any atom is 0.255 e. The number of carbonyl (C=O) groups is 1. The first-order valence-corrected chi connectivity index (χ1v) is 9.44. The lowest BCUT2D eigenvalue weighted by atomic mass is 9.95. The maximum atomic E-state index is 13.2. The highest BCUT2D eigenvalue weighted by Crippen LogP contribution is 2.35. The molecule has 1 atom stereocenters. The number of allylic oxidation sites excluding steroid dienone is 1. The van der Waals surface area contributed by atoms with Crippen LogP contribution in [-0.2, 0) is 4.79 Å². The van der Waals surface area contributed by atoms with Gasteiger partial charge in [0.15, 0.2) is 0 Å². The van der Waals surface area contributed by atoms with Crippen LogP contribution in [0.1, 0.15) is 18.5 Å². The lowest BCUT2D eigenvalue weighted by molar-refractivity contribution is -0.113. The van der Waals surface area contributed by atoms with Crippen LogP contribution in [0.25, 0.3) is 0 Å². The zero-order valence-corrected chi connectivity index (χ0v) is 16.9. The van der Waals surface area contributed by atoms with E-state index in [0.29, 0.717) is 17.2 Å². The van der Waals surface area contributed by atoms with E-state index in [1.54, 1.807) is 36.1 Å². The Balaban J connectivity index is 1.71. The summed E-state index contributed by atoms with van der Waals surface area (Å²) < 4.78 is 7.86. The lowest BCUT2D eigenvalue weighted by Gasteiger charge is -2.28. The third-order valence-electron chi connectivity index (χ3n) is 4.57. The molecule has 0 aliphatic carbocycles. The predicted molar refractivity (Wildman–Crippen MR) is 110 cm³/mol. The Bertz CT molecular complexity index is 1040. The molecule has 28 heavy (non-hydrogen) atoms. The van der Waals surface area contributed by atoms with Gasteiger partial charge in [-0.2, -0.15) is 10.1 Å². The molecule has 2 N–H and O–H groups in total. The Morgan fingerprint density at radius 1 is 1.18 bits per heavy atom. The number of methoxy groups -OCH3 is 1. The predicted octanol–water partition coefficient (Wildman–Crippen LogP) is 3.98. The number of hydrogen-bond donors (Lipinski definition) is 2. The Morgan fingerprint density at radius 2 is 1.89 bits per heavy atom. The number of fused-ring (bicyclic) bond motifs is 1. The summed E-state index contributed by atoms with van der Waals surface area (Å²) in [5.41, 5.74) is 2.94. The number of nitrogens with zero attached hydrogens (tertiary/aromatic N) is 3. The first-order valence-electron chi connectivity index (χ1n) is 8.65. The van der Waals surface area contributed by atoms with Gasteiger partial charge in [-0.3, -0.25) is 4.79 Å². The monoisotopic (exact) mass is 439 g/mol. The zero-order valence-electron chi connectivity index (χ0n) is 15.3. The van der Waals surface area contributed by atoms with Crippen molar-refractivity contribution >= 4 is 33.5 Å². The Hall–Kier alpha value is -3.13. The fourth-order valence-corrected chi connectivity index (χ4v) is 3.48. The van der Waals surface area contributed by atoms with Crippen molar-refractivity contribution < 1.29 is 9.53 Å². The van der Waals surface area contributed by atoms with Crippen molar-refractivity contribution in [2.24, 2.45) is 0 Å². The summed E-state index contributed by atoms with van der Waals surface area (Å²) in [6.45, 7) is 1.87. The minimum atomic E-state index is -0.384. The van der Waals surface area contributed by atoms with Crippen molar-refractivity contribution in [3.8, 4) is 5.75 Å². The van der Waals surface area contributed by atoms with Gasteiger partial charge in [0, 0.05) is 15.9 Å². The minimum absolute atomic E-state index is 0.204. The van der Waals surface area contributed by atoms with E-state index in [4.69, 9.17) is 4.74 Å². The minimum Gasteiger partial charge on any atom is -0.497 e. The van der Waals surface area contributed by atoms with Gasteiger partial charge < -0.3 is 15.4 Å². The number of rotatable bonds is 4. The van der Waals surface area contributed by atoms with Crippen LogP contribution in [0.5, 0.6) is 5.75 Å². The summed E-state index contributed by atoms with van der Waals surface area (Å²) in [7, 11) is 1.61. The molecular weight excluding hydrogens is 422 g/mol. The first kappa shape index (κ1) is 18.2. The number of halogens is 1. The van der Waals surface area contributed by atoms with Crippen molar-refractivity contribution in [1.29, 1.82) is 0 Å². The van der Waals surface area contributed by atoms with Crippen LogP contribution >= 0.6 is 15.9 Å². The quantitative estimate of drug-likeness (QED) is 0.642. The molecule has 2 aromatic carbocycles. The molecule has 0 radical (unpaired) electrons. The summed E-state index contributed by atoms with van der Waals surface area (Å²) in [5, 5.41) is 10.5. The lowest BCUT2D eigenvalue weighted by Crippen LogP contribution is -2.31. The van der Waals surface area contributed by atoms with E-state index in [0.717, 1.165) is 21.5 Å². The standard InChI is InChI=1S/C20H18BrN5O2/c1-12-17(19(27)25-15-7-9-16(28-2)10-8-15)18(13-3-5-14(21)6-4-13)26-20(24-12)22-11-23-26/h3-11,18H,1-2H3,(H,25,27)(H,22,23,24)/t18-/m0/s1. The summed E-state index contributed by atoms with van der Waals surface area (Å²) in [6, 6.07) is 14.7. The summed E-state index contributed by atoms with van der Waals surface area (Å²) in [5.74, 6) is 1.13. The highest BCUT2D eigenvalue weighted by atomic mass is 79.9. The molecule has 0 unspecified atom stereocenters. The summed E-state index contributed by atoms with van der Waals surface area (Å²) in [6.07, 6.45) is 1.48. The average molecular weight is 440 g/mol. The van der Waals surface area contributed by atoms with E-state index in [1.807, 2.05) is 31.2 Å². The second kappa shape index (κ2) is 7.47. The molecule has 0 bridgehead atoms. The van der Waals surface area contributed by atoms with Crippen LogP contribution in [-0.4, -0.2) is 27.8 Å². The number of amides is 1. The fraction of sp³-hybridized carbons (Fsp3) is 0.150. The average Bonchev–Trinajstić information content (AvgIpc) is 3.16. The van der Waals surface area contributed by atoms with Gasteiger partial charge in [0.25, 0.3) is 5.91 Å². The van der Waals surface area contributed by atoms with Gasteiger partial charge in [0.2, 0.25) is 5.95 Å². The zero-order chi connectivity index (χ0) is 19.7. The molecule has 1 amide bonds. The highest BCUT2D eigenvalue weighted by molar-refractivity contribution is 9.10. The molecule has 2 heterocycles. The first-order chi connectivity index (χ1) is 13.6. The number of anilines is 2. The number of aromatic nitrogens is 3. The molecular formula is C20H18BrN5O2. The maximum absolute atomic E-state index is 13.2. The SMILES string of the molecule is COc1ccc(NC(=O)C2=C(C)Nc3ncnn3[C@H]2c2ccc(Br)cc2)cc1. The molecule has 8 heteroatoms. The molecule has 0 saturated carbocycles. The Kier molecular flexibility index (Phi) is 4.87. The summed E-state index contributed by atoms with van der Waals surface area (Å²) in [4.78, 5) is 17.5. The molecule has 3 aromatic rings. The number of benzene rings is 2. The van der Waals surface area contributed by atoms with E-state index in [9.17, 15) is 4.79 Å². The molecule has 1 aromatic heterocycles. The topological polar surface area (TPSA) is 81.1 Å². The van der Waals surface area contributed by atoms with E-state index in [2.05, 4.69) is 36.6 Å². The molecule has 0 saturated heterocycles. The van der Waals surface area contributed by atoms with Crippen molar-refractivity contribution in [2.45, 2.75) is 13.0 Å². The normalized spacial score (nSPS) is 15.6. The van der Waals surface area contributed by atoms with Crippen LogP contribution < -0.4 is 15.4 Å². The number of hydrogen-bond acceptors (Lipinski definition) is 5. The van der Waals surface area contributed by atoms with E-state index < -0.39 is 0 Å². The molecule has 7 nitrogen and oxygen atoms in total. The van der Waals surface area contributed by atoms with Crippen LogP contribution in [0.15, 0.2) is 70.6 Å². The second-order valence-electron chi connectivity index (χ2n) is 6.33. The van der Waals surface area contributed by atoms with Gasteiger partial charge in [-0.05, 0) is 48.9 Å². The van der Waals surface area contributed by atoms with Gasteiger partial charge in [-0.1, -0.05) is 28.1 Å². The van der Waals surface area contributed by atoms with Crippen LogP contribution in [0.2, 0.25) is 0 Å². The van der Waals surface area contributed by atoms with Crippen LogP contribution in [0.4, 0.5) is 11.6 Å². The molecule has 1 aliphatic heterocycles. The number of nitrogens with one attached hydrogen (secondary N) is 2. The van der Waals surface area contributed by atoms with Crippen molar-refractivity contribution in [3.05, 3.63) is 76.2 Å². The van der Waals surface area contributed by atoms with Gasteiger partial charge in [-0.25, -0.2) is 4.68 Å². The van der Waals surface area contributed by atoms with Gasteiger partial charge in [0.05, 0.1) is 12.7 Å².